The standard InChI is InChI=1S/C14H22N2O2S/c1-9(11-7-5-4-6-8-11)15-14-16-12(10(2)19-14)13(17)18-3/h9,11H,4-8H2,1-3H3,(H,15,16). The quantitative estimate of drug-likeness (QED) is 0.857. The van der Waals surface area contributed by atoms with Gasteiger partial charge in [-0.2, -0.15) is 0 Å². The minimum atomic E-state index is -0.355. The first-order chi connectivity index (χ1) is 9.11. The van der Waals surface area contributed by atoms with Crippen molar-refractivity contribution in [3.05, 3.63) is 10.6 Å². The Morgan fingerprint density at radius 3 is 2.74 bits per heavy atom. The first-order valence-corrected chi connectivity index (χ1v) is 7.75. The lowest BCUT2D eigenvalue weighted by Gasteiger charge is -2.28. The number of carbonyl (C=O) groups is 1. The van der Waals surface area contributed by atoms with E-state index < -0.39 is 0 Å². The van der Waals surface area contributed by atoms with Crippen molar-refractivity contribution in [2.45, 2.75) is 52.0 Å². The fourth-order valence-electron chi connectivity index (χ4n) is 2.69. The molecule has 1 fully saturated rings. The molecule has 0 radical (unpaired) electrons. The lowest BCUT2D eigenvalue weighted by molar-refractivity contribution is 0.0594. The maximum Gasteiger partial charge on any atom is 0.357 e. The number of rotatable bonds is 4. The van der Waals surface area contributed by atoms with Gasteiger partial charge in [-0.1, -0.05) is 19.3 Å². The molecule has 1 atom stereocenters. The van der Waals surface area contributed by atoms with Gasteiger partial charge in [-0.25, -0.2) is 9.78 Å². The number of anilines is 1. The molecule has 2 rings (SSSR count). The fourth-order valence-corrected chi connectivity index (χ4v) is 3.59. The molecule has 1 unspecified atom stereocenters. The second kappa shape index (κ2) is 6.37. The highest BCUT2D eigenvalue weighted by Crippen LogP contribution is 2.30. The molecule has 0 saturated heterocycles. The summed E-state index contributed by atoms with van der Waals surface area (Å²) in [6.07, 6.45) is 6.62. The highest BCUT2D eigenvalue weighted by atomic mass is 32.1. The molecule has 1 saturated carbocycles. The summed E-state index contributed by atoms with van der Waals surface area (Å²) in [6.45, 7) is 4.12. The van der Waals surface area contributed by atoms with E-state index in [-0.39, 0.29) is 5.97 Å². The molecule has 5 heteroatoms. The van der Waals surface area contributed by atoms with Gasteiger partial charge >= 0.3 is 5.97 Å². The third-order valence-electron chi connectivity index (χ3n) is 3.88. The third kappa shape index (κ3) is 3.47. The second-order valence-electron chi connectivity index (χ2n) is 5.25. The van der Waals surface area contributed by atoms with Gasteiger partial charge in [0.25, 0.3) is 0 Å². The van der Waals surface area contributed by atoms with Crippen molar-refractivity contribution < 1.29 is 9.53 Å². The van der Waals surface area contributed by atoms with E-state index in [9.17, 15) is 4.79 Å². The molecule has 19 heavy (non-hydrogen) atoms. The Balaban J connectivity index is 2.00. The molecule has 1 aromatic heterocycles. The molecule has 0 amide bonds. The molecule has 1 heterocycles. The molecule has 1 aliphatic carbocycles. The van der Waals surface area contributed by atoms with Gasteiger partial charge in [-0.3, -0.25) is 0 Å². The third-order valence-corrected chi connectivity index (χ3v) is 4.79. The van der Waals surface area contributed by atoms with Crippen molar-refractivity contribution in [2.75, 3.05) is 12.4 Å². The maximum absolute atomic E-state index is 11.5. The number of hydrogen-bond acceptors (Lipinski definition) is 5. The average molecular weight is 282 g/mol. The first kappa shape index (κ1) is 14.3. The number of thiazole rings is 1. The highest BCUT2D eigenvalue weighted by Gasteiger charge is 2.22. The molecule has 1 aromatic rings. The van der Waals surface area contributed by atoms with Gasteiger partial charge in [-0.15, -0.1) is 11.3 Å². The lowest BCUT2D eigenvalue weighted by atomic mass is 9.85. The molecular formula is C14H22N2O2S. The minimum Gasteiger partial charge on any atom is -0.464 e. The number of aryl methyl sites for hydroxylation is 1. The Kier molecular flexibility index (Phi) is 4.80. The van der Waals surface area contributed by atoms with Gasteiger partial charge in [0.2, 0.25) is 0 Å². The van der Waals surface area contributed by atoms with Crippen molar-refractivity contribution in [1.29, 1.82) is 0 Å². The Morgan fingerprint density at radius 2 is 2.11 bits per heavy atom. The van der Waals surface area contributed by atoms with Crippen LogP contribution in [0, 0.1) is 12.8 Å². The van der Waals surface area contributed by atoms with Crippen molar-refractivity contribution in [1.82, 2.24) is 4.98 Å². The van der Waals surface area contributed by atoms with Gasteiger partial charge in [0.1, 0.15) is 0 Å². The fraction of sp³-hybridized carbons (Fsp3) is 0.714. The predicted molar refractivity (Wildman–Crippen MR) is 77.9 cm³/mol. The summed E-state index contributed by atoms with van der Waals surface area (Å²) in [5, 5.41) is 4.28. The zero-order valence-corrected chi connectivity index (χ0v) is 12.7. The van der Waals surface area contributed by atoms with Crippen LogP contribution in [0.3, 0.4) is 0 Å². The zero-order chi connectivity index (χ0) is 13.8. The highest BCUT2D eigenvalue weighted by molar-refractivity contribution is 7.15. The maximum atomic E-state index is 11.5. The van der Waals surface area contributed by atoms with E-state index in [0.29, 0.717) is 11.7 Å². The van der Waals surface area contributed by atoms with Crippen LogP contribution in [0.15, 0.2) is 0 Å². The van der Waals surface area contributed by atoms with E-state index >= 15 is 0 Å². The molecule has 1 aliphatic rings. The molecule has 4 nitrogen and oxygen atoms in total. The number of hydrogen-bond donors (Lipinski definition) is 1. The van der Waals surface area contributed by atoms with Crippen LogP contribution in [0.4, 0.5) is 5.13 Å². The van der Waals surface area contributed by atoms with E-state index in [1.54, 1.807) is 0 Å². The Morgan fingerprint density at radius 1 is 1.42 bits per heavy atom. The predicted octanol–water partition coefficient (Wildman–Crippen LogP) is 3.62. The number of nitrogens with zero attached hydrogens (tertiary/aromatic N) is 1. The molecule has 0 aliphatic heterocycles. The molecule has 0 spiro atoms. The summed E-state index contributed by atoms with van der Waals surface area (Å²) < 4.78 is 4.73. The Hall–Kier alpha value is -1.10. The molecular weight excluding hydrogens is 260 g/mol. The van der Waals surface area contributed by atoms with Crippen LogP contribution in [0.1, 0.15) is 54.4 Å². The summed E-state index contributed by atoms with van der Waals surface area (Å²) in [6, 6.07) is 0.413. The van der Waals surface area contributed by atoms with E-state index in [2.05, 4.69) is 17.2 Å². The molecule has 0 aromatic carbocycles. The monoisotopic (exact) mass is 282 g/mol. The smallest absolute Gasteiger partial charge is 0.357 e. The van der Waals surface area contributed by atoms with Gasteiger partial charge < -0.3 is 10.1 Å². The van der Waals surface area contributed by atoms with Crippen LogP contribution < -0.4 is 5.32 Å². The lowest BCUT2D eigenvalue weighted by Crippen LogP contribution is -2.27. The van der Waals surface area contributed by atoms with E-state index in [0.717, 1.165) is 15.9 Å². The minimum absolute atomic E-state index is 0.355. The number of nitrogens with one attached hydrogen (secondary N) is 1. The van der Waals surface area contributed by atoms with Crippen molar-refractivity contribution >= 4 is 22.4 Å². The zero-order valence-electron chi connectivity index (χ0n) is 11.9. The largest absolute Gasteiger partial charge is 0.464 e. The second-order valence-corrected chi connectivity index (χ2v) is 6.45. The van der Waals surface area contributed by atoms with Crippen LogP contribution in [0.25, 0.3) is 0 Å². The van der Waals surface area contributed by atoms with E-state index in [1.807, 2.05) is 6.92 Å². The SMILES string of the molecule is COC(=O)c1nc(NC(C)C2CCCCC2)sc1C. The van der Waals surface area contributed by atoms with Gasteiger partial charge in [0, 0.05) is 10.9 Å². The van der Waals surface area contributed by atoms with Crippen LogP contribution in [0.5, 0.6) is 0 Å². The number of ether oxygens (including phenoxy) is 1. The summed E-state index contributed by atoms with van der Waals surface area (Å²) in [5.74, 6) is 0.367. The van der Waals surface area contributed by atoms with Crippen LogP contribution in [-0.4, -0.2) is 24.1 Å². The number of esters is 1. The number of methoxy groups -OCH3 is 1. The number of aromatic nitrogens is 1. The first-order valence-electron chi connectivity index (χ1n) is 6.94. The van der Waals surface area contributed by atoms with Gasteiger partial charge in [0.05, 0.1) is 7.11 Å². The van der Waals surface area contributed by atoms with E-state index in [1.165, 1.54) is 50.6 Å². The topological polar surface area (TPSA) is 51.2 Å². The molecule has 106 valence electrons. The summed E-state index contributed by atoms with van der Waals surface area (Å²) in [4.78, 5) is 16.8. The summed E-state index contributed by atoms with van der Waals surface area (Å²) in [7, 11) is 1.39. The number of carbonyl (C=O) groups excluding carboxylic acids is 1. The van der Waals surface area contributed by atoms with E-state index in [4.69, 9.17) is 4.74 Å². The van der Waals surface area contributed by atoms with Crippen LogP contribution in [0.2, 0.25) is 0 Å². The molecule has 1 N–H and O–H groups in total. The normalized spacial score (nSPS) is 18.1. The Bertz CT molecular complexity index is 439. The average Bonchev–Trinajstić information content (AvgIpc) is 2.79. The summed E-state index contributed by atoms with van der Waals surface area (Å²) >= 11 is 1.53. The Labute approximate surface area is 118 Å². The molecule has 0 bridgehead atoms. The van der Waals surface area contributed by atoms with Crippen LogP contribution in [-0.2, 0) is 4.74 Å². The van der Waals surface area contributed by atoms with Gasteiger partial charge in [0.15, 0.2) is 10.8 Å². The summed E-state index contributed by atoms with van der Waals surface area (Å²) in [5.41, 5.74) is 0.436. The van der Waals surface area contributed by atoms with Crippen molar-refractivity contribution in [2.24, 2.45) is 5.92 Å². The van der Waals surface area contributed by atoms with Crippen molar-refractivity contribution in [3.8, 4) is 0 Å². The van der Waals surface area contributed by atoms with Crippen LogP contribution >= 0.6 is 11.3 Å². The van der Waals surface area contributed by atoms with Crippen molar-refractivity contribution in [3.63, 3.8) is 0 Å². The van der Waals surface area contributed by atoms with Gasteiger partial charge in [-0.05, 0) is 32.6 Å².